The van der Waals surface area contributed by atoms with Gasteiger partial charge in [0.25, 0.3) is 5.91 Å². The zero-order valence-electron chi connectivity index (χ0n) is 19.5. The standard InChI is InChI=1S/C25H28F2N4O4/c1-15(26)11-21-25(28-2)34-14-23(32)31(21)18-6-4-17(5-7-18)29-9-10-30-20-13-24(33)35-22-8-3-16(27)12-19(20)22/h3,8,11-13,17-18,29-30H,2,4-7,9-10,14H2,1H3/b15-11+/t17-,18-. The summed E-state index contributed by atoms with van der Waals surface area (Å²) in [4.78, 5) is 29.8. The molecule has 0 atom stereocenters. The number of carbonyl (C=O) groups excluding carboxylic acids is 1. The molecule has 2 N–H and O–H groups in total. The number of ether oxygens (including phenoxy) is 1. The number of hydrogen-bond donors (Lipinski definition) is 2. The summed E-state index contributed by atoms with van der Waals surface area (Å²) in [6.07, 6.45) is 4.42. The lowest BCUT2D eigenvalue weighted by molar-refractivity contribution is -0.138. The van der Waals surface area contributed by atoms with Crippen molar-refractivity contribution in [3.8, 4) is 0 Å². The molecule has 0 saturated heterocycles. The van der Waals surface area contributed by atoms with Crippen molar-refractivity contribution in [1.82, 2.24) is 10.2 Å². The van der Waals surface area contributed by atoms with Crippen molar-refractivity contribution in [3.05, 3.63) is 64.0 Å². The third-order valence-corrected chi connectivity index (χ3v) is 6.20. The van der Waals surface area contributed by atoms with E-state index in [9.17, 15) is 18.4 Å². The van der Waals surface area contributed by atoms with Gasteiger partial charge in [-0.1, -0.05) is 0 Å². The van der Waals surface area contributed by atoms with Crippen molar-refractivity contribution < 1.29 is 22.7 Å². The zero-order chi connectivity index (χ0) is 24.9. The Hall–Kier alpha value is -3.53. The lowest BCUT2D eigenvalue weighted by atomic mass is 9.89. The summed E-state index contributed by atoms with van der Waals surface area (Å²) >= 11 is 0. The minimum absolute atomic E-state index is 0.0743. The Morgan fingerprint density at radius 2 is 2.00 bits per heavy atom. The molecule has 8 nitrogen and oxygen atoms in total. The van der Waals surface area contributed by atoms with Crippen LogP contribution in [0.4, 0.5) is 14.5 Å². The lowest BCUT2D eigenvalue weighted by Crippen LogP contribution is -2.48. The van der Waals surface area contributed by atoms with E-state index in [1.165, 1.54) is 37.3 Å². The van der Waals surface area contributed by atoms with Crippen LogP contribution in [0, 0.1) is 5.82 Å². The van der Waals surface area contributed by atoms with Crippen LogP contribution in [-0.4, -0.2) is 49.3 Å². The second kappa shape index (κ2) is 10.8. The van der Waals surface area contributed by atoms with Crippen LogP contribution in [0.3, 0.4) is 0 Å². The largest absolute Gasteiger partial charge is 0.466 e. The number of nitrogens with zero attached hydrogens (tertiary/aromatic N) is 2. The minimum Gasteiger partial charge on any atom is -0.466 e. The summed E-state index contributed by atoms with van der Waals surface area (Å²) in [5.74, 6) is -0.912. The van der Waals surface area contributed by atoms with Crippen LogP contribution >= 0.6 is 0 Å². The van der Waals surface area contributed by atoms with Crippen molar-refractivity contribution in [2.24, 2.45) is 4.99 Å². The van der Waals surface area contributed by atoms with Gasteiger partial charge < -0.3 is 24.7 Å². The zero-order valence-corrected chi connectivity index (χ0v) is 19.5. The molecule has 2 heterocycles. The van der Waals surface area contributed by atoms with Gasteiger partial charge in [-0.25, -0.2) is 18.6 Å². The third-order valence-electron chi connectivity index (χ3n) is 6.20. The molecule has 1 aliphatic heterocycles. The van der Waals surface area contributed by atoms with Gasteiger partial charge in [-0.15, -0.1) is 0 Å². The normalized spacial score (nSPS) is 21.3. The van der Waals surface area contributed by atoms with Gasteiger partial charge in [-0.2, -0.15) is 0 Å². The lowest BCUT2D eigenvalue weighted by Gasteiger charge is -2.39. The van der Waals surface area contributed by atoms with Crippen LogP contribution in [-0.2, 0) is 9.53 Å². The fourth-order valence-electron chi connectivity index (χ4n) is 4.65. The molecule has 186 valence electrons. The highest BCUT2D eigenvalue weighted by molar-refractivity contribution is 5.89. The molecule has 0 bridgehead atoms. The number of aliphatic imine (C=N–C) groups is 1. The van der Waals surface area contributed by atoms with Gasteiger partial charge in [0.1, 0.15) is 17.1 Å². The van der Waals surface area contributed by atoms with Crippen LogP contribution in [0.2, 0.25) is 0 Å². The second-order valence-corrected chi connectivity index (χ2v) is 8.64. The van der Waals surface area contributed by atoms with Gasteiger partial charge in [0, 0.05) is 36.6 Å². The number of allylic oxidation sites excluding steroid dienone is 2. The van der Waals surface area contributed by atoms with E-state index in [0.29, 0.717) is 35.4 Å². The van der Waals surface area contributed by atoms with E-state index in [4.69, 9.17) is 9.15 Å². The Balaban J connectivity index is 1.32. The van der Waals surface area contributed by atoms with E-state index in [1.54, 1.807) is 4.90 Å². The fraction of sp³-hybridized carbons (Fsp3) is 0.400. The first-order chi connectivity index (χ1) is 16.9. The molecular weight excluding hydrogens is 458 g/mol. The highest BCUT2D eigenvalue weighted by Crippen LogP contribution is 2.31. The maximum absolute atomic E-state index is 13.7. The molecule has 1 saturated carbocycles. The van der Waals surface area contributed by atoms with Gasteiger partial charge in [0.15, 0.2) is 6.61 Å². The average molecular weight is 487 g/mol. The van der Waals surface area contributed by atoms with Crippen LogP contribution in [0.15, 0.2) is 62.0 Å². The molecule has 1 amide bonds. The SMILES string of the molecule is C=NC1=C(/C=C(\C)F)N([C@H]2CC[C@H](NCCNc3cc(=O)oc4ccc(F)cc34)CC2)C(=O)CO1. The van der Waals surface area contributed by atoms with Gasteiger partial charge in [-0.3, -0.25) is 4.79 Å². The van der Waals surface area contributed by atoms with Crippen molar-refractivity contribution in [2.75, 3.05) is 25.0 Å². The molecule has 2 aromatic rings. The maximum Gasteiger partial charge on any atom is 0.338 e. The maximum atomic E-state index is 13.7. The molecule has 10 heteroatoms. The monoisotopic (exact) mass is 486 g/mol. The molecule has 1 fully saturated rings. The number of carbonyl (C=O) groups is 1. The highest BCUT2D eigenvalue weighted by Gasteiger charge is 2.35. The van der Waals surface area contributed by atoms with E-state index in [-0.39, 0.29) is 30.5 Å². The van der Waals surface area contributed by atoms with E-state index in [0.717, 1.165) is 25.7 Å². The van der Waals surface area contributed by atoms with Crippen molar-refractivity contribution in [1.29, 1.82) is 0 Å². The molecular formula is C25H28F2N4O4. The summed E-state index contributed by atoms with van der Waals surface area (Å²) in [6, 6.07) is 5.51. The molecule has 1 aliphatic carbocycles. The summed E-state index contributed by atoms with van der Waals surface area (Å²) in [5, 5.41) is 7.17. The Morgan fingerprint density at radius 3 is 2.71 bits per heavy atom. The van der Waals surface area contributed by atoms with E-state index in [2.05, 4.69) is 22.3 Å². The van der Waals surface area contributed by atoms with E-state index >= 15 is 0 Å². The molecule has 35 heavy (non-hydrogen) atoms. The smallest absolute Gasteiger partial charge is 0.338 e. The number of rotatable bonds is 8. The van der Waals surface area contributed by atoms with Crippen molar-refractivity contribution in [3.63, 3.8) is 0 Å². The van der Waals surface area contributed by atoms with Crippen LogP contribution < -0.4 is 16.3 Å². The molecule has 4 rings (SSSR count). The predicted octanol–water partition coefficient (Wildman–Crippen LogP) is 3.85. The van der Waals surface area contributed by atoms with Crippen LogP contribution in [0.5, 0.6) is 0 Å². The first-order valence-electron chi connectivity index (χ1n) is 11.6. The fourth-order valence-corrected chi connectivity index (χ4v) is 4.65. The number of amides is 1. The summed E-state index contributed by atoms with van der Waals surface area (Å²) < 4.78 is 37.7. The van der Waals surface area contributed by atoms with E-state index < -0.39 is 17.3 Å². The number of hydrogen-bond acceptors (Lipinski definition) is 7. The van der Waals surface area contributed by atoms with Gasteiger partial charge in [-0.05, 0) is 63.6 Å². The summed E-state index contributed by atoms with van der Waals surface area (Å²) in [5.41, 5.74) is 0.657. The van der Waals surface area contributed by atoms with Gasteiger partial charge in [0.05, 0.1) is 11.5 Å². The average Bonchev–Trinajstić information content (AvgIpc) is 2.82. The molecule has 0 unspecified atom stereocenters. The first kappa shape index (κ1) is 24.6. The van der Waals surface area contributed by atoms with Crippen LogP contribution in [0.1, 0.15) is 32.6 Å². The summed E-state index contributed by atoms with van der Waals surface area (Å²) in [6.45, 7) is 5.79. The Kier molecular flexibility index (Phi) is 7.60. The van der Waals surface area contributed by atoms with Gasteiger partial charge in [0.2, 0.25) is 5.88 Å². The van der Waals surface area contributed by atoms with Crippen LogP contribution in [0.25, 0.3) is 11.0 Å². The molecule has 1 aromatic carbocycles. The third kappa shape index (κ3) is 5.76. The Bertz CT molecular complexity index is 1230. The number of fused-ring (bicyclic) bond motifs is 1. The molecule has 2 aliphatic rings. The number of anilines is 1. The quantitative estimate of drug-likeness (QED) is 0.334. The molecule has 0 radical (unpaired) electrons. The Labute approximate surface area is 201 Å². The first-order valence-corrected chi connectivity index (χ1v) is 11.6. The van der Waals surface area contributed by atoms with Gasteiger partial charge >= 0.3 is 5.63 Å². The number of nitrogens with one attached hydrogen (secondary N) is 2. The Morgan fingerprint density at radius 1 is 1.23 bits per heavy atom. The summed E-state index contributed by atoms with van der Waals surface area (Å²) in [7, 11) is 0. The van der Waals surface area contributed by atoms with E-state index in [1.807, 2.05) is 0 Å². The van der Waals surface area contributed by atoms with Crippen molar-refractivity contribution in [2.45, 2.75) is 44.7 Å². The topological polar surface area (TPSA) is 96.2 Å². The van der Waals surface area contributed by atoms with Crippen molar-refractivity contribution >= 4 is 29.3 Å². The molecule has 0 spiro atoms. The number of benzene rings is 1. The number of halogens is 2. The predicted molar refractivity (Wildman–Crippen MR) is 129 cm³/mol. The minimum atomic E-state index is -0.503. The second-order valence-electron chi connectivity index (χ2n) is 8.64. The molecule has 1 aromatic heterocycles. The highest BCUT2D eigenvalue weighted by atomic mass is 19.1.